The molecule has 0 bridgehead atoms. The summed E-state index contributed by atoms with van der Waals surface area (Å²) < 4.78 is 7.17. The van der Waals surface area contributed by atoms with E-state index in [1.807, 2.05) is 12.5 Å². The third-order valence-corrected chi connectivity index (χ3v) is 3.05. The lowest BCUT2D eigenvalue weighted by Gasteiger charge is -2.14. The van der Waals surface area contributed by atoms with Gasteiger partial charge in [0.15, 0.2) is 0 Å². The fourth-order valence-corrected chi connectivity index (χ4v) is 1.95. The minimum atomic E-state index is -0.260. The summed E-state index contributed by atoms with van der Waals surface area (Å²) in [6.45, 7) is 2.52. The zero-order valence-electron chi connectivity index (χ0n) is 10.1. The largest absolute Gasteiger partial charge is 0.466 e. The molecular formula is C12H19N3O2. The number of carbonyl (C=O) groups is 1. The van der Waals surface area contributed by atoms with Gasteiger partial charge in [-0.05, 0) is 19.8 Å². The first kappa shape index (κ1) is 12.1. The molecule has 1 aromatic rings. The van der Waals surface area contributed by atoms with Gasteiger partial charge in [-0.15, -0.1) is 0 Å². The van der Waals surface area contributed by atoms with E-state index in [4.69, 9.17) is 10.5 Å². The van der Waals surface area contributed by atoms with Crippen LogP contribution < -0.4 is 5.73 Å². The average Bonchev–Trinajstić information content (AvgIpc) is 3.06. The fraction of sp³-hybridized carbons (Fsp3) is 0.667. The van der Waals surface area contributed by atoms with E-state index in [0.29, 0.717) is 25.6 Å². The Hall–Kier alpha value is -1.36. The summed E-state index contributed by atoms with van der Waals surface area (Å²) in [5.41, 5.74) is 6.71. The Labute approximate surface area is 101 Å². The summed E-state index contributed by atoms with van der Waals surface area (Å²) in [4.78, 5) is 15.8. The SMILES string of the molecule is CCOC(=O)C(CN)Cc1cncn1C1CC1. The van der Waals surface area contributed by atoms with Crippen LogP contribution in [0.1, 0.15) is 31.5 Å². The Morgan fingerprint density at radius 1 is 1.71 bits per heavy atom. The highest BCUT2D eigenvalue weighted by atomic mass is 16.5. The molecule has 5 nitrogen and oxygen atoms in total. The lowest BCUT2D eigenvalue weighted by Crippen LogP contribution is -2.28. The zero-order chi connectivity index (χ0) is 12.3. The smallest absolute Gasteiger partial charge is 0.310 e. The number of esters is 1. The van der Waals surface area contributed by atoms with Crippen molar-refractivity contribution >= 4 is 5.97 Å². The number of nitrogens with zero attached hydrogens (tertiary/aromatic N) is 2. The number of hydrogen-bond acceptors (Lipinski definition) is 4. The monoisotopic (exact) mass is 237 g/mol. The van der Waals surface area contributed by atoms with Crippen LogP contribution in [-0.2, 0) is 16.0 Å². The van der Waals surface area contributed by atoms with E-state index in [1.54, 1.807) is 6.92 Å². The second-order valence-electron chi connectivity index (χ2n) is 4.41. The van der Waals surface area contributed by atoms with Gasteiger partial charge in [0.1, 0.15) is 0 Å². The minimum Gasteiger partial charge on any atom is -0.466 e. The Morgan fingerprint density at radius 3 is 3.06 bits per heavy atom. The molecule has 1 aliphatic rings. The number of rotatable bonds is 6. The van der Waals surface area contributed by atoms with Crippen molar-refractivity contribution in [2.24, 2.45) is 11.7 Å². The van der Waals surface area contributed by atoms with E-state index in [0.717, 1.165) is 5.69 Å². The van der Waals surface area contributed by atoms with E-state index >= 15 is 0 Å². The quantitative estimate of drug-likeness (QED) is 0.746. The van der Waals surface area contributed by atoms with Gasteiger partial charge in [-0.3, -0.25) is 4.79 Å². The van der Waals surface area contributed by atoms with E-state index in [9.17, 15) is 4.79 Å². The van der Waals surface area contributed by atoms with Crippen LogP contribution in [0.15, 0.2) is 12.5 Å². The Bertz CT molecular complexity index is 385. The average molecular weight is 237 g/mol. The number of carbonyl (C=O) groups excluding carboxylic acids is 1. The van der Waals surface area contributed by atoms with Gasteiger partial charge in [0.2, 0.25) is 0 Å². The van der Waals surface area contributed by atoms with Crippen molar-refractivity contribution in [3.63, 3.8) is 0 Å². The van der Waals surface area contributed by atoms with Crippen LogP contribution in [0.3, 0.4) is 0 Å². The molecule has 2 rings (SSSR count). The Balaban J connectivity index is 2.01. The molecule has 0 amide bonds. The molecule has 94 valence electrons. The summed E-state index contributed by atoms with van der Waals surface area (Å²) >= 11 is 0. The van der Waals surface area contributed by atoms with Crippen molar-refractivity contribution in [1.29, 1.82) is 0 Å². The Kier molecular flexibility index (Phi) is 3.78. The van der Waals surface area contributed by atoms with Crippen LogP contribution in [0.25, 0.3) is 0 Å². The summed E-state index contributed by atoms with van der Waals surface area (Å²) in [7, 11) is 0. The van der Waals surface area contributed by atoms with Crippen molar-refractivity contribution in [3.8, 4) is 0 Å². The lowest BCUT2D eigenvalue weighted by atomic mass is 10.0. The molecule has 5 heteroatoms. The number of ether oxygens (including phenoxy) is 1. The molecular weight excluding hydrogens is 218 g/mol. The van der Waals surface area contributed by atoms with E-state index < -0.39 is 0 Å². The second kappa shape index (κ2) is 5.31. The molecule has 1 atom stereocenters. The van der Waals surface area contributed by atoms with Crippen LogP contribution in [0.5, 0.6) is 0 Å². The van der Waals surface area contributed by atoms with E-state index in [2.05, 4.69) is 9.55 Å². The van der Waals surface area contributed by atoms with Crippen LogP contribution in [0.2, 0.25) is 0 Å². The first-order valence-electron chi connectivity index (χ1n) is 6.13. The van der Waals surface area contributed by atoms with Gasteiger partial charge in [-0.1, -0.05) is 0 Å². The highest BCUT2D eigenvalue weighted by molar-refractivity contribution is 5.73. The summed E-state index contributed by atoms with van der Waals surface area (Å²) in [6.07, 6.45) is 6.68. The number of nitrogens with two attached hydrogens (primary N) is 1. The van der Waals surface area contributed by atoms with Crippen LogP contribution in [-0.4, -0.2) is 28.7 Å². The van der Waals surface area contributed by atoms with Gasteiger partial charge in [-0.2, -0.15) is 0 Å². The van der Waals surface area contributed by atoms with Crippen molar-refractivity contribution in [3.05, 3.63) is 18.2 Å². The predicted octanol–water partition coefficient (Wildman–Crippen LogP) is 0.898. The third-order valence-electron chi connectivity index (χ3n) is 3.05. The molecule has 1 heterocycles. The fourth-order valence-electron chi connectivity index (χ4n) is 1.95. The maximum absolute atomic E-state index is 11.7. The van der Waals surface area contributed by atoms with Crippen molar-refractivity contribution in [2.75, 3.05) is 13.2 Å². The molecule has 1 unspecified atom stereocenters. The van der Waals surface area contributed by atoms with Crippen molar-refractivity contribution in [2.45, 2.75) is 32.2 Å². The highest BCUT2D eigenvalue weighted by Crippen LogP contribution is 2.36. The van der Waals surface area contributed by atoms with Crippen molar-refractivity contribution < 1.29 is 9.53 Å². The number of aromatic nitrogens is 2. The van der Waals surface area contributed by atoms with Gasteiger partial charge in [0.05, 0.1) is 18.9 Å². The van der Waals surface area contributed by atoms with Crippen LogP contribution in [0, 0.1) is 5.92 Å². The number of hydrogen-bond donors (Lipinski definition) is 1. The Morgan fingerprint density at radius 2 is 2.47 bits per heavy atom. The van der Waals surface area contributed by atoms with Crippen LogP contribution >= 0.6 is 0 Å². The molecule has 1 fully saturated rings. The van der Waals surface area contributed by atoms with Gasteiger partial charge >= 0.3 is 5.97 Å². The molecule has 1 saturated carbocycles. The van der Waals surface area contributed by atoms with Gasteiger partial charge < -0.3 is 15.0 Å². The molecule has 0 aromatic carbocycles. The molecule has 17 heavy (non-hydrogen) atoms. The minimum absolute atomic E-state index is 0.210. The maximum Gasteiger partial charge on any atom is 0.310 e. The summed E-state index contributed by atoms with van der Waals surface area (Å²) in [5, 5.41) is 0. The zero-order valence-corrected chi connectivity index (χ0v) is 10.1. The second-order valence-corrected chi connectivity index (χ2v) is 4.41. The normalized spacial score (nSPS) is 16.8. The van der Waals surface area contributed by atoms with E-state index in [-0.39, 0.29) is 11.9 Å². The van der Waals surface area contributed by atoms with Gasteiger partial charge in [0.25, 0.3) is 0 Å². The molecule has 1 aromatic heterocycles. The van der Waals surface area contributed by atoms with Gasteiger partial charge in [-0.25, -0.2) is 4.98 Å². The first-order valence-corrected chi connectivity index (χ1v) is 6.13. The molecule has 1 aliphatic carbocycles. The molecule has 0 saturated heterocycles. The molecule has 0 spiro atoms. The van der Waals surface area contributed by atoms with Crippen LogP contribution in [0.4, 0.5) is 0 Å². The maximum atomic E-state index is 11.7. The molecule has 0 aliphatic heterocycles. The predicted molar refractivity (Wildman–Crippen MR) is 63.4 cm³/mol. The lowest BCUT2D eigenvalue weighted by molar-refractivity contribution is -0.147. The van der Waals surface area contributed by atoms with Gasteiger partial charge in [0, 0.05) is 30.9 Å². The van der Waals surface area contributed by atoms with Crippen molar-refractivity contribution in [1.82, 2.24) is 9.55 Å². The standard InChI is InChI=1S/C12H19N3O2/c1-2-17-12(16)9(6-13)5-11-7-14-8-15(11)10-3-4-10/h7-10H,2-6,13H2,1H3. The first-order chi connectivity index (χ1) is 8.26. The summed E-state index contributed by atoms with van der Waals surface area (Å²) in [6, 6.07) is 0.577. The summed E-state index contributed by atoms with van der Waals surface area (Å²) in [5.74, 6) is -0.470. The van der Waals surface area contributed by atoms with E-state index in [1.165, 1.54) is 12.8 Å². The highest BCUT2D eigenvalue weighted by Gasteiger charge is 2.27. The molecule has 0 radical (unpaired) electrons. The third kappa shape index (κ3) is 2.85. The molecule has 2 N–H and O–H groups in total. The topological polar surface area (TPSA) is 70.1 Å². The number of imidazole rings is 1.